The minimum Gasteiger partial charge on any atom is -0.496 e. The third-order valence-corrected chi connectivity index (χ3v) is 4.19. The Kier molecular flexibility index (Phi) is 5.51. The lowest BCUT2D eigenvalue weighted by Gasteiger charge is -2.04. The maximum atomic E-state index is 12.0. The Balaban J connectivity index is 1.59. The van der Waals surface area contributed by atoms with Crippen molar-refractivity contribution >= 4 is 23.4 Å². The molecular weight excluding hydrogens is 352 g/mol. The van der Waals surface area contributed by atoms with Gasteiger partial charge in [0.05, 0.1) is 30.1 Å². The molecule has 3 rings (SSSR count). The van der Waals surface area contributed by atoms with E-state index in [9.17, 15) is 4.79 Å². The van der Waals surface area contributed by atoms with Crippen molar-refractivity contribution in [1.29, 1.82) is 5.26 Å². The normalized spacial score (nSPS) is 10.2. The summed E-state index contributed by atoms with van der Waals surface area (Å²) in [5.41, 5.74) is 1.85. The van der Waals surface area contributed by atoms with Crippen LogP contribution in [-0.4, -0.2) is 29.0 Å². The van der Waals surface area contributed by atoms with Gasteiger partial charge in [0.2, 0.25) is 5.91 Å². The zero-order chi connectivity index (χ0) is 18.4. The van der Waals surface area contributed by atoms with E-state index >= 15 is 0 Å². The van der Waals surface area contributed by atoms with E-state index in [1.54, 1.807) is 37.4 Å². The lowest BCUT2D eigenvalue weighted by molar-refractivity contribution is -0.113. The van der Waals surface area contributed by atoms with E-state index in [0.29, 0.717) is 33.7 Å². The van der Waals surface area contributed by atoms with Gasteiger partial charge in [-0.1, -0.05) is 23.9 Å². The fourth-order valence-corrected chi connectivity index (χ4v) is 2.71. The van der Waals surface area contributed by atoms with Gasteiger partial charge in [0.15, 0.2) is 0 Å². The van der Waals surface area contributed by atoms with Crippen LogP contribution in [0.4, 0.5) is 5.69 Å². The molecule has 8 heteroatoms. The average molecular weight is 366 g/mol. The highest BCUT2D eigenvalue weighted by atomic mass is 32.2. The first-order valence-corrected chi connectivity index (χ1v) is 8.58. The van der Waals surface area contributed by atoms with Crippen molar-refractivity contribution in [2.24, 2.45) is 0 Å². The second kappa shape index (κ2) is 8.18. The van der Waals surface area contributed by atoms with Gasteiger partial charge in [-0.05, 0) is 36.4 Å². The zero-order valence-electron chi connectivity index (χ0n) is 13.8. The number of hydrogen-bond donors (Lipinski definition) is 1. The van der Waals surface area contributed by atoms with E-state index < -0.39 is 0 Å². The summed E-state index contributed by atoms with van der Waals surface area (Å²) in [5.74, 6) is 0.869. The Morgan fingerprint density at radius 3 is 2.73 bits per heavy atom. The summed E-state index contributed by atoms with van der Waals surface area (Å²) < 4.78 is 10.9. The van der Waals surface area contributed by atoms with Crippen LogP contribution in [0.3, 0.4) is 0 Å². The van der Waals surface area contributed by atoms with Crippen LogP contribution in [0.15, 0.2) is 58.2 Å². The van der Waals surface area contributed by atoms with Gasteiger partial charge < -0.3 is 14.5 Å². The van der Waals surface area contributed by atoms with Crippen molar-refractivity contribution in [2.75, 3.05) is 18.2 Å². The summed E-state index contributed by atoms with van der Waals surface area (Å²) >= 11 is 1.14. The predicted octanol–water partition coefficient (Wildman–Crippen LogP) is 3.35. The predicted molar refractivity (Wildman–Crippen MR) is 96.8 cm³/mol. The minimum absolute atomic E-state index is 0.119. The van der Waals surface area contributed by atoms with Gasteiger partial charge in [-0.25, -0.2) is 0 Å². The highest BCUT2D eigenvalue weighted by Gasteiger charge is 2.14. The summed E-state index contributed by atoms with van der Waals surface area (Å²) in [6, 6.07) is 16.0. The topological polar surface area (TPSA) is 101 Å². The van der Waals surface area contributed by atoms with Crippen molar-refractivity contribution < 1.29 is 13.9 Å². The molecule has 0 aliphatic carbocycles. The number of amides is 1. The Morgan fingerprint density at radius 1 is 1.23 bits per heavy atom. The van der Waals surface area contributed by atoms with Crippen LogP contribution in [0.25, 0.3) is 11.5 Å². The quantitative estimate of drug-likeness (QED) is 0.668. The number of ether oxygens (including phenoxy) is 1. The number of methoxy groups -OCH3 is 1. The van der Waals surface area contributed by atoms with Crippen LogP contribution >= 0.6 is 11.8 Å². The molecule has 0 unspecified atom stereocenters. The smallest absolute Gasteiger partial charge is 0.277 e. The first-order valence-electron chi connectivity index (χ1n) is 7.59. The first-order chi connectivity index (χ1) is 12.7. The maximum Gasteiger partial charge on any atom is 0.277 e. The van der Waals surface area contributed by atoms with Crippen molar-refractivity contribution in [3.63, 3.8) is 0 Å². The van der Waals surface area contributed by atoms with Gasteiger partial charge in [0.1, 0.15) is 5.75 Å². The zero-order valence-corrected chi connectivity index (χ0v) is 14.6. The van der Waals surface area contributed by atoms with Crippen LogP contribution in [-0.2, 0) is 4.79 Å². The fourth-order valence-electron chi connectivity index (χ4n) is 2.15. The number of para-hydroxylation sites is 1. The summed E-state index contributed by atoms with van der Waals surface area (Å²) in [5, 5.41) is 19.7. The van der Waals surface area contributed by atoms with Crippen LogP contribution < -0.4 is 10.1 Å². The van der Waals surface area contributed by atoms with E-state index in [-0.39, 0.29) is 11.7 Å². The molecule has 0 fully saturated rings. The van der Waals surface area contributed by atoms with Gasteiger partial charge >= 0.3 is 0 Å². The molecule has 0 aliphatic heterocycles. The summed E-state index contributed by atoms with van der Waals surface area (Å²) in [6.07, 6.45) is 0. The molecule has 1 N–H and O–H groups in total. The molecule has 3 aromatic rings. The van der Waals surface area contributed by atoms with Gasteiger partial charge in [-0.2, -0.15) is 5.26 Å². The third-order valence-electron chi connectivity index (χ3n) is 3.37. The number of carbonyl (C=O) groups is 1. The molecule has 0 spiro atoms. The molecule has 2 aromatic carbocycles. The number of nitrogens with one attached hydrogen (secondary N) is 1. The molecule has 1 aromatic heterocycles. The summed E-state index contributed by atoms with van der Waals surface area (Å²) in [4.78, 5) is 12.0. The highest BCUT2D eigenvalue weighted by Crippen LogP contribution is 2.30. The monoisotopic (exact) mass is 366 g/mol. The second-order valence-corrected chi connectivity index (χ2v) is 6.03. The van der Waals surface area contributed by atoms with Gasteiger partial charge in [0.25, 0.3) is 11.1 Å². The molecular formula is C18H14N4O3S. The number of aromatic nitrogens is 2. The number of hydrogen-bond acceptors (Lipinski definition) is 7. The molecule has 0 saturated carbocycles. The van der Waals surface area contributed by atoms with Crippen LogP contribution in [0.2, 0.25) is 0 Å². The number of anilines is 1. The Bertz CT molecular complexity index is 948. The molecule has 7 nitrogen and oxygen atoms in total. The molecule has 0 bridgehead atoms. The Labute approximate surface area is 154 Å². The van der Waals surface area contributed by atoms with Gasteiger partial charge in [-0.3, -0.25) is 4.79 Å². The van der Waals surface area contributed by atoms with Crippen LogP contribution in [0, 0.1) is 11.3 Å². The number of rotatable bonds is 6. The molecule has 0 atom stereocenters. The Hall–Kier alpha value is -3.31. The lowest BCUT2D eigenvalue weighted by atomic mass is 10.2. The van der Waals surface area contributed by atoms with Crippen molar-refractivity contribution in [3.05, 3.63) is 54.1 Å². The largest absolute Gasteiger partial charge is 0.496 e. The number of nitriles is 1. The highest BCUT2D eigenvalue weighted by molar-refractivity contribution is 7.99. The Morgan fingerprint density at radius 2 is 2.00 bits per heavy atom. The number of nitrogens with zero attached hydrogens (tertiary/aromatic N) is 3. The second-order valence-electron chi connectivity index (χ2n) is 5.10. The van der Waals surface area contributed by atoms with Gasteiger partial charge in [0, 0.05) is 5.69 Å². The van der Waals surface area contributed by atoms with Crippen molar-refractivity contribution in [1.82, 2.24) is 10.2 Å². The van der Waals surface area contributed by atoms with Crippen molar-refractivity contribution in [3.8, 4) is 23.3 Å². The number of thioether (sulfide) groups is 1. The first kappa shape index (κ1) is 17.5. The SMILES string of the molecule is COc1ccccc1-c1nnc(SCC(=O)Nc2ccc(C#N)cc2)o1. The fraction of sp³-hybridized carbons (Fsp3) is 0.111. The van der Waals surface area contributed by atoms with E-state index in [1.807, 2.05) is 24.3 Å². The molecule has 0 radical (unpaired) electrons. The lowest BCUT2D eigenvalue weighted by Crippen LogP contribution is -2.13. The third kappa shape index (κ3) is 4.20. The maximum absolute atomic E-state index is 12.0. The van der Waals surface area contributed by atoms with E-state index in [1.165, 1.54) is 0 Å². The minimum atomic E-state index is -0.211. The number of benzene rings is 2. The standard InChI is InChI=1S/C18H14N4O3S/c1-24-15-5-3-2-4-14(15)17-21-22-18(25-17)26-11-16(23)20-13-8-6-12(10-19)7-9-13/h2-9H,11H2,1H3,(H,20,23). The molecule has 0 saturated heterocycles. The van der Waals surface area contributed by atoms with Gasteiger partial charge in [-0.15, -0.1) is 10.2 Å². The van der Waals surface area contributed by atoms with Crippen LogP contribution in [0.1, 0.15) is 5.56 Å². The number of carbonyl (C=O) groups excluding carboxylic acids is 1. The molecule has 0 aliphatic rings. The summed E-state index contributed by atoms with van der Waals surface area (Å²) in [6.45, 7) is 0. The molecule has 1 heterocycles. The average Bonchev–Trinajstić information content (AvgIpc) is 3.16. The molecule has 1 amide bonds. The van der Waals surface area contributed by atoms with Crippen LogP contribution in [0.5, 0.6) is 5.75 Å². The summed E-state index contributed by atoms with van der Waals surface area (Å²) in [7, 11) is 1.57. The molecule has 130 valence electrons. The van der Waals surface area contributed by atoms with E-state index in [4.69, 9.17) is 14.4 Å². The van der Waals surface area contributed by atoms with Crippen molar-refractivity contribution in [2.45, 2.75) is 5.22 Å². The van der Waals surface area contributed by atoms with E-state index in [0.717, 1.165) is 11.8 Å². The van der Waals surface area contributed by atoms with E-state index in [2.05, 4.69) is 15.5 Å². The molecule has 26 heavy (non-hydrogen) atoms.